The van der Waals surface area contributed by atoms with Crippen LogP contribution in [0.1, 0.15) is 42.6 Å². The fourth-order valence-electron chi connectivity index (χ4n) is 2.88. The molecular weight excluding hydrogens is 439 g/mol. The van der Waals surface area contributed by atoms with Crippen molar-refractivity contribution >= 4 is 18.3 Å². The summed E-state index contributed by atoms with van der Waals surface area (Å²) in [6, 6.07) is 4.84. The number of aromatic nitrogens is 2. The number of hydrogen-bond donors (Lipinski definition) is 0. The first kappa shape index (κ1) is 25.8. The summed E-state index contributed by atoms with van der Waals surface area (Å²) in [5, 5.41) is 7.85. The maximum Gasteiger partial charge on any atom is 0.429 e. The van der Waals surface area contributed by atoms with Crippen molar-refractivity contribution in [2.45, 2.75) is 46.8 Å². The number of ether oxygens (including phenoxy) is 1. The monoisotopic (exact) mass is 465 g/mol. The van der Waals surface area contributed by atoms with E-state index in [1.54, 1.807) is 43.9 Å². The first-order valence-electron chi connectivity index (χ1n) is 10.1. The van der Waals surface area contributed by atoms with Crippen molar-refractivity contribution in [3.8, 4) is 11.5 Å². The average molecular weight is 465 g/mol. The molecule has 2 rings (SSSR count). The largest absolute Gasteiger partial charge is 0.474 e. The summed E-state index contributed by atoms with van der Waals surface area (Å²) in [4.78, 5) is 21.8. The minimum atomic E-state index is -4.55. The summed E-state index contributed by atoms with van der Waals surface area (Å²) in [7, 11) is 0. The Morgan fingerprint density at radius 2 is 2.03 bits per heavy atom. The van der Waals surface area contributed by atoms with Gasteiger partial charge < -0.3 is 14.1 Å². The van der Waals surface area contributed by atoms with Crippen LogP contribution in [-0.2, 0) is 4.74 Å². The van der Waals surface area contributed by atoms with Crippen molar-refractivity contribution in [2.75, 3.05) is 13.2 Å². The predicted molar refractivity (Wildman–Crippen MR) is 118 cm³/mol. The maximum atomic E-state index is 13.4. The smallest absolute Gasteiger partial charge is 0.429 e. The lowest BCUT2D eigenvalue weighted by molar-refractivity contribution is -0.0592. The van der Waals surface area contributed by atoms with Gasteiger partial charge >= 0.3 is 6.18 Å². The van der Waals surface area contributed by atoms with Gasteiger partial charge in [-0.3, -0.25) is 9.79 Å². The molecule has 178 valence electrons. The molecule has 0 unspecified atom stereocenters. The second kappa shape index (κ2) is 10.9. The number of rotatable bonds is 9. The van der Waals surface area contributed by atoms with Crippen molar-refractivity contribution in [1.82, 2.24) is 15.1 Å². The number of carbonyl (C=O) groups excluding carboxylic acids is 1. The number of aliphatic imine (C=N–C) groups is 2. The number of likely N-dealkylation sites (N-methyl/N-ethyl adjacent to an activating group) is 1. The van der Waals surface area contributed by atoms with Gasteiger partial charge in [-0.1, -0.05) is 11.6 Å². The minimum Gasteiger partial charge on any atom is -0.474 e. The zero-order valence-corrected chi connectivity index (χ0v) is 19.1. The molecule has 1 heterocycles. The van der Waals surface area contributed by atoms with Crippen LogP contribution in [0.3, 0.4) is 0 Å². The van der Waals surface area contributed by atoms with E-state index in [-0.39, 0.29) is 24.3 Å². The van der Waals surface area contributed by atoms with Crippen LogP contribution in [0.5, 0.6) is 0 Å². The Morgan fingerprint density at radius 1 is 1.33 bits per heavy atom. The summed E-state index contributed by atoms with van der Waals surface area (Å²) in [5.74, 6) is 0.131. The molecule has 0 bridgehead atoms. The van der Waals surface area contributed by atoms with Gasteiger partial charge in [0.15, 0.2) is 0 Å². The lowest BCUT2D eigenvalue weighted by Crippen LogP contribution is -2.41. The van der Waals surface area contributed by atoms with Gasteiger partial charge in [0.05, 0.1) is 23.4 Å². The van der Waals surface area contributed by atoms with Gasteiger partial charge in [0.1, 0.15) is 12.3 Å². The Kier molecular flexibility index (Phi) is 8.50. The topological polar surface area (TPSA) is 93.2 Å². The lowest BCUT2D eigenvalue weighted by Gasteiger charge is -2.28. The molecule has 0 N–H and O–H groups in total. The standard InChI is InChI=1S/C22H26F3N5O3/c1-7-30(14(3)12-32-19(26-6)11-27-15(4)22(23,24)25)21(31)17-9-8-13(2)10-18(17)20-29-28-16(5)33-20/h8-11,14H,6-7,12H2,1-5H3/b19-11+,27-15?/t14-/m0/s1. The molecule has 33 heavy (non-hydrogen) atoms. The van der Waals surface area contributed by atoms with Crippen molar-refractivity contribution in [3.63, 3.8) is 0 Å². The van der Waals surface area contributed by atoms with E-state index in [2.05, 4.69) is 26.9 Å². The van der Waals surface area contributed by atoms with Crippen molar-refractivity contribution in [2.24, 2.45) is 9.98 Å². The second-order valence-electron chi connectivity index (χ2n) is 7.26. The molecule has 1 aromatic heterocycles. The third-order valence-electron chi connectivity index (χ3n) is 4.70. The van der Waals surface area contributed by atoms with E-state index in [1.165, 1.54) is 0 Å². The van der Waals surface area contributed by atoms with Gasteiger partial charge in [-0.25, -0.2) is 4.99 Å². The number of carbonyl (C=O) groups is 1. The third kappa shape index (κ3) is 6.74. The molecule has 1 aromatic carbocycles. The molecular formula is C22H26F3N5O3. The van der Waals surface area contributed by atoms with Gasteiger partial charge in [0, 0.05) is 13.5 Å². The normalized spacial score (nSPS) is 13.6. The Labute approximate surface area is 189 Å². The highest BCUT2D eigenvalue weighted by Crippen LogP contribution is 2.26. The maximum absolute atomic E-state index is 13.4. The average Bonchev–Trinajstić information content (AvgIpc) is 3.19. The Balaban J connectivity index is 2.22. The molecule has 1 atom stereocenters. The van der Waals surface area contributed by atoms with Crippen molar-refractivity contribution < 1.29 is 27.1 Å². The quantitative estimate of drug-likeness (QED) is 0.394. The lowest BCUT2D eigenvalue weighted by atomic mass is 10.0. The minimum absolute atomic E-state index is 0.0358. The molecule has 1 amide bonds. The zero-order chi connectivity index (χ0) is 24.8. The molecule has 0 saturated heterocycles. The first-order chi connectivity index (χ1) is 15.5. The summed E-state index contributed by atoms with van der Waals surface area (Å²) in [6.45, 7) is 11.5. The number of hydrogen-bond acceptors (Lipinski definition) is 7. The van der Waals surface area contributed by atoms with Crippen LogP contribution in [0.25, 0.3) is 11.5 Å². The van der Waals surface area contributed by atoms with Gasteiger partial charge in [0.2, 0.25) is 17.7 Å². The van der Waals surface area contributed by atoms with Gasteiger partial charge in [-0.15, -0.1) is 10.2 Å². The predicted octanol–water partition coefficient (Wildman–Crippen LogP) is 4.74. The summed E-state index contributed by atoms with van der Waals surface area (Å²) in [6.07, 6.45) is -3.71. The molecule has 0 aliphatic rings. The van der Waals surface area contributed by atoms with E-state index in [9.17, 15) is 18.0 Å². The van der Waals surface area contributed by atoms with Gasteiger partial charge in [-0.2, -0.15) is 13.2 Å². The molecule has 2 aromatic rings. The summed E-state index contributed by atoms with van der Waals surface area (Å²) < 4.78 is 48.7. The van der Waals surface area contributed by atoms with Crippen molar-refractivity contribution in [1.29, 1.82) is 0 Å². The molecule has 0 aliphatic heterocycles. The Morgan fingerprint density at radius 3 is 2.58 bits per heavy atom. The molecule has 0 radical (unpaired) electrons. The number of amides is 1. The second-order valence-corrected chi connectivity index (χ2v) is 7.26. The van der Waals surface area contributed by atoms with Crippen LogP contribution in [0.4, 0.5) is 13.2 Å². The van der Waals surface area contributed by atoms with Crippen molar-refractivity contribution in [3.05, 3.63) is 47.3 Å². The molecule has 11 heteroatoms. The van der Waals surface area contributed by atoms with Crippen LogP contribution in [0, 0.1) is 13.8 Å². The summed E-state index contributed by atoms with van der Waals surface area (Å²) in [5.41, 5.74) is 0.755. The van der Waals surface area contributed by atoms with E-state index in [0.717, 1.165) is 18.7 Å². The highest BCUT2D eigenvalue weighted by molar-refractivity contribution is 6.00. The van der Waals surface area contributed by atoms with E-state index in [4.69, 9.17) is 9.15 Å². The Bertz CT molecular complexity index is 1060. The number of halogens is 3. The number of alkyl halides is 3. The number of aryl methyl sites for hydroxylation is 2. The van der Waals surface area contributed by atoms with E-state index >= 15 is 0 Å². The van der Waals surface area contributed by atoms with Gasteiger partial charge in [0.25, 0.3) is 5.91 Å². The molecule has 0 fully saturated rings. The zero-order valence-electron chi connectivity index (χ0n) is 19.1. The van der Waals surface area contributed by atoms with Crippen LogP contribution < -0.4 is 0 Å². The molecule has 0 spiro atoms. The molecule has 0 saturated carbocycles. The highest BCUT2D eigenvalue weighted by Gasteiger charge is 2.31. The van der Waals surface area contributed by atoms with E-state index in [1.807, 2.05) is 6.92 Å². The number of benzene rings is 1. The molecule has 8 nitrogen and oxygen atoms in total. The fraction of sp³-hybridized carbons (Fsp3) is 0.409. The van der Waals surface area contributed by atoms with E-state index < -0.39 is 17.9 Å². The first-order valence-corrected chi connectivity index (χ1v) is 10.1. The van der Waals surface area contributed by atoms with Crippen LogP contribution in [-0.4, -0.2) is 58.8 Å². The third-order valence-corrected chi connectivity index (χ3v) is 4.70. The molecule has 0 aliphatic carbocycles. The summed E-state index contributed by atoms with van der Waals surface area (Å²) >= 11 is 0. The van der Waals surface area contributed by atoms with Crippen LogP contribution in [0.2, 0.25) is 0 Å². The highest BCUT2D eigenvalue weighted by atomic mass is 19.4. The van der Waals surface area contributed by atoms with E-state index in [0.29, 0.717) is 23.6 Å². The van der Waals surface area contributed by atoms with Gasteiger partial charge in [-0.05, 0) is 46.5 Å². The fourth-order valence-corrected chi connectivity index (χ4v) is 2.88. The van der Waals surface area contributed by atoms with Crippen LogP contribution in [0.15, 0.2) is 44.7 Å². The number of nitrogens with zero attached hydrogens (tertiary/aromatic N) is 5. The Hall–Kier alpha value is -3.50. The SMILES string of the molecule is C=N/C(=C\N=C(C)C(F)(F)F)OC[C@H](C)N(CC)C(=O)c1ccc(C)cc1-c1nnc(C)o1. The van der Waals surface area contributed by atoms with Crippen LogP contribution >= 0.6 is 0 Å².